The van der Waals surface area contributed by atoms with Crippen LogP contribution in [0.25, 0.3) is 0 Å². The van der Waals surface area contributed by atoms with E-state index < -0.39 is 46.6 Å². The Labute approximate surface area is 231 Å². The van der Waals surface area contributed by atoms with Gasteiger partial charge in [0.05, 0.1) is 30.4 Å². The van der Waals surface area contributed by atoms with E-state index in [-0.39, 0.29) is 30.6 Å². The van der Waals surface area contributed by atoms with Crippen molar-refractivity contribution in [3.63, 3.8) is 0 Å². The number of hydrogen-bond donors (Lipinski definition) is 0. The maximum Gasteiger partial charge on any atom is 0.419 e. The highest BCUT2D eigenvalue weighted by Gasteiger charge is 2.36. The fourth-order valence-corrected chi connectivity index (χ4v) is 5.22. The Balaban J connectivity index is 1.42. The van der Waals surface area contributed by atoms with Crippen LogP contribution in [0.4, 0.5) is 22.0 Å². The van der Waals surface area contributed by atoms with Gasteiger partial charge in [0.1, 0.15) is 17.4 Å². The number of amides is 1. The molecule has 2 aliphatic rings. The molecule has 0 spiro atoms. The van der Waals surface area contributed by atoms with Crippen molar-refractivity contribution in [3.05, 3.63) is 64.2 Å². The minimum absolute atomic E-state index is 0.0869. The zero-order chi connectivity index (χ0) is 29.2. The fraction of sp³-hybridized carbons (Fsp3) is 0.519. The number of likely N-dealkylation sites (tertiary alicyclic amines) is 1. The Morgan fingerprint density at radius 1 is 1.12 bits per heavy atom. The van der Waals surface area contributed by atoms with Gasteiger partial charge in [-0.05, 0) is 79.9 Å². The molecule has 2 atom stereocenters. The van der Waals surface area contributed by atoms with Gasteiger partial charge in [-0.3, -0.25) is 18.2 Å². The number of piperidine rings is 1. The predicted octanol–water partition coefficient (Wildman–Crippen LogP) is 5.21. The van der Waals surface area contributed by atoms with E-state index in [1.165, 1.54) is 19.2 Å². The molecule has 7 nitrogen and oxygen atoms in total. The Bertz CT molecular complexity index is 1250. The van der Waals surface area contributed by atoms with Gasteiger partial charge in [-0.15, -0.1) is 0 Å². The smallest absolute Gasteiger partial charge is 0.419 e. The van der Waals surface area contributed by atoms with Crippen LogP contribution in [0.3, 0.4) is 0 Å². The summed E-state index contributed by atoms with van der Waals surface area (Å²) in [5, 5.41) is 0. The lowest BCUT2D eigenvalue weighted by Gasteiger charge is -2.37. The first kappa shape index (κ1) is 30.4. The summed E-state index contributed by atoms with van der Waals surface area (Å²) in [6, 6.07) is 5.01. The first-order valence-corrected chi connectivity index (χ1v) is 13.9. The molecule has 0 aromatic heterocycles. The van der Waals surface area contributed by atoms with Gasteiger partial charge in [0, 0.05) is 31.5 Å². The van der Waals surface area contributed by atoms with Gasteiger partial charge in [-0.25, -0.2) is 8.78 Å². The van der Waals surface area contributed by atoms with E-state index >= 15 is 0 Å². The highest BCUT2D eigenvalue weighted by atomic mass is 32.2. The third-order valence-electron chi connectivity index (χ3n) is 7.43. The molecule has 2 aromatic rings. The summed E-state index contributed by atoms with van der Waals surface area (Å²) in [6.07, 6.45) is -1.80. The standard InChI is InChI=1S/C27H31F5N2O5S/c1-33(40(36)37)26(35)20-12-19(17-3-4-17)25(13-23(20)29)39-14-16-7-9-34(10-8-16)24(15-38-2)18-5-6-22(28)21(11-18)27(30,31)32/h5-6,11-13,16-17,24H,3-4,7-10,14-15H2,1-2H3,(H,36,37)/p-1/t24-/m0/s1. The molecule has 0 N–H and O–H groups in total. The van der Waals surface area contributed by atoms with E-state index in [0.717, 1.165) is 38.1 Å². The molecule has 4 rings (SSSR count). The molecule has 1 aliphatic heterocycles. The Morgan fingerprint density at radius 2 is 1.80 bits per heavy atom. The second-order valence-electron chi connectivity index (χ2n) is 10.2. The van der Waals surface area contributed by atoms with Crippen molar-refractivity contribution in [2.75, 3.05) is 40.5 Å². The van der Waals surface area contributed by atoms with E-state index in [4.69, 9.17) is 9.47 Å². The van der Waals surface area contributed by atoms with Gasteiger partial charge >= 0.3 is 6.18 Å². The number of halogens is 5. The second-order valence-corrected chi connectivity index (χ2v) is 11.1. The number of carbonyl (C=O) groups is 1. The van der Waals surface area contributed by atoms with Crippen LogP contribution in [-0.2, 0) is 22.2 Å². The highest BCUT2D eigenvalue weighted by Crippen LogP contribution is 2.45. The van der Waals surface area contributed by atoms with E-state index in [0.29, 0.717) is 47.1 Å². The van der Waals surface area contributed by atoms with Crippen LogP contribution in [0.1, 0.15) is 64.7 Å². The molecule has 2 fully saturated rings. The summed E-state index contributed by atoms with van der Waals surface area (Å²) in [6.45, 7) is 1.48. The zero-order valence-corrected chi connectivity index (χ0v) is 22.8. The monoisotopic (exact) mass is 589 g/mol. The van der Waals surface area contributed by atoms with Crippen molar-refractivity contribution in [3.8, 4) is 5.75 Å². The van der Waals surface area contributed by atoms with Crippen molar-refractivity contribution in [2.45, 2.75) is 43.8 Å². The molecule has 0 radical (unpaired) electrons. The third kappa shape index (κ3) is 6.99. The molecule has 1 saturated heterocycles. The lowest BCUT2D eigenvalue weighted by Crippen LogP contribution is -2.40. The van der Waals surface area contributed by atoms with Gasteiger partial charge < -0.3 is 14.0 Å². The maximum absolute atomic E-state index is 14.8. The van der Waals surface area contributed by atoms with Crippen LogP contribution in [0.5, 0.6) is 5.75 Å². The topological polar surface area (TPSA) is 82.1 Å². The van der Waals surface area contributed by atoms with Gasteiger partial charge in [0.2, 0.25) is 0 Å². The Morgan fingerprint density at radius 3 is 2.38 bits per heavy atom. The maximum atomic E-state index is 14.8. The van der Waals surface area contributed by atoms with Crippen LogP contribution in [0.15, 0.2) is 30.3 Å². The minimum Gasteiger partial charge on any atom is -0.755 e. The normalized spacial score (nSPS) is 18.4. The van der Waals surface area contributed by atoms with E-state index in [1.807, 2.05) is 4.90 Å². The molecule has 0 bridgehead atoms. The van der Waals surface area contributed by atoms with E-state index in [1.54, 1.807) is 0 Å². The number of carbonyl (C=O) groups excluding carboxylic acids is 1. The largest absolute Gasteiger partial charge is 0.755 e. The molecule has 1 heterocycles. The summed E-state index contributed by atoms with van der Waals surface area (Å²) in [5.41, 5.74) is -0.679. The van der Waals surface area contributed by atoms with Gasteiger partial charge in [-0.1, -0.05) is 6.07 Å². The summed E-state index contributed by atoms with van der Waals surface area (Å²) in [7, 11) is 2.50. The average molecular weight is 590 g/mol. The molecule has 1 aliphatic carbocycles. The number of nitrogens with zero attached hydrogens (tertiary/aromatic N) is 2. The number of benzene rings is 2. The molecule has 40 heavy (non-hydrogen) atoms. The zero-order valence-electron chi connectivity index (χ0n) is 22.0. The number of alkyl halides is 3. The first-order chi connectivity index (χ1) is 18.9. The number of methoxy groups -OCH3 is 1. The molecule has 13 heteroatoms. The number of hydrogen-bond acceptors (Lipinski definition) is 6. The van der Waals surface area contributed by atoms with Crippen LogP contribution in [-0.4, -0.2) is 64.3 Å². The summed E-state index contributed by atoms with van der Waals surface area (Å²) in [4.78, 5) is 14.4. The van der Waals surface area contributed by atoms with Crippen molar-refractivity contribution in [1.82, 2.24) is 9.21 Å². The molecule has 2 aromatic carbocycles. The average Bonchev–Trinajstić information content (AvgIpc) is 3.75. The number of ether oxygens (including phenoxy) is 2. The lowest BCUT2D eigenvalue weighted by atomic mass is 9.94. The molecule has 1 unspecified atom stereocenters. The molecular weight excluding hydrogens is 559 g/mol. The Kier molecular flexibility index (Phi) is 9.48. The Hall–Kier alpha value is -2.61. The summed E-state index contributed by atoms with van der Waals surface area (Å²) in [5.74, 6) is -2.68. The molecule has 220 valence electrons. The van der Waals surface area contributed by atoms with Crippen LogP contribution < -0.4 is 4.74 Å². The lowest BCUT2D eigenvalue weighted by molar-refractivity contribution is -0.140. The van der Waals surface area contributed by atoms with Crippen LogP contribution in [0.2, 0.25) is 0 Å². The molecule has 1 saturated carbocycles. The third-order valence-corrected chi connectivity index (χ3v) is 8.04. The molecular formula is C27H30F5N2O5S-. The summed E-state index contributed by atoms with van der Waals surface area (Å²) >= 11 is -2.83. The highest BCUT2D eigenvalue weighted by molar-refractivity contribution is 7.77. The first-order valence-electron chi connectivity index (χ1n) is 12.8. The van der Waals surface area contributed by atoms with E-state index in [9.17, 15) is 35.5 Å². The predicted molar refractivity (Wildman–Crippen MR) is 135 cm³/mol. The van der Waals surface area contributed by atoms with Crippen molar-refractivity contribution in [1.29, 1.82) is 0 Å². The van der Waals surface area contributed by atoms with Gasteiger partial charge in [0.25, 0.3) is 5.91 Å². The van der Waals surface area contributed by atoms with Crippen molar-refractivity contribution >= 4 is 17.2 Å². The molecule has 1 amide bonds. The van der Waals surface area contributed by atoms with Crippen LogP contribution in [0, 0.1) is 17.6 Å². The SMILES string of the molecule is COC[C@@H](c1ccc(F)c(C(F)(F)F)c1)N1CCC(COc2cc(F)c(C(=O)N(C)S(=O)[O-])cc2C2CC2)CC1. The quantitative estimate of drug-likeness (QED) is 0.280. The van der Waals surface area contributed by atoms with Crippen molar-refractivity contribution < 1.29 is 45.0 Å². The minimum atomic E-state index is -4.81. The van der Waals surface area contributed by atoms with Gasteiger partial charge in [0.15, 0.2) is 0 Å². The second kappa shape index (κ2) is 12.5. The van der Waals surface area contributed by atoms with E-state index in [2.05, 4.69) is 0 Å². The van der Waals surface area contributed by atoms with Crippen molar-refractivity contribution in [2.24, 2.45) is 5.92 Å². The van der Waals surface area contributed by atoms with Crippen LogP contribution >= 0.6 is 0 Å². The summed E-state index contributed by atoms with van der Waals surface area (Å²) < 4.78 is 102. The van der Waals surface area contributed by atoms with Gasteiger partial charge in [-0.2, -0.15) is 13.2 Å². The number of rotatable bonds is 10. The fourth-order valence-electron chi connectivity index (χ4n) is 4.99.